The van der Waals surface area contributed by atoms with E-state index in [1.807, 2.05) is 0 Å². The molecule has 2 aromatic rings. The Labute approximate surface area is 118 Å². The molecule has 0 unspecified atom stereocenters. The van der Waals surface area contributed by atoms with Crippen LogP contribution < -0.4 is 5.32 Å². The summed E-state index contributed by atoms with van der Waals surface area (Å²) in [4.78, 5) is 0. The van der Waals surface area contributed by atoms with E-state index in [9.17, 15) is 22.0 Å². The summed E-state index contributed by atoms with van der Waals surface area (Å²) in [6, 6.07) is 8.51. The van der Waals surface area contributed by atoms with E-state index in [1.54, 1.807) is 0 Å². The van der Waals surface area contributed by atoms with Gasteiger partial charge in [-0.1, -0.05) is 24.3 Å². The maximum Gasteiger partial charge on any atom is 0.416 e. The molecule has 0 amide bonds. The van der Waals surface area contributed by atoms with Crippen molar-refractivity contribution in [3.63, 3.8) is 0 Å². The van der Waals surface area contributed by atoms with Crippen LogP contribution in [0.1, 0.15) is 16.7 Å². The van der Waals surface area contributed by atoms with Crippen LogP contribution in [0.5, 0.6) is 0 Å². The summed E-state index contributed by atoms with van der Waals surface area (Å²) in [5.41, 5.74) is -0.921. The van der Waals surface area contributed by atoms with Gasteiger partial charge in [0.2, 0.25) is 0 Å². The second kappa shape index (κ2) is 6.22. The fraction of sp³-hybridized carbons (Fsp3) is 0.200. The lowest BCUT2D eigenvalue weighted by Crippen LogP contribution is -2.18. The van der Waals surface area contributed by atoms with Crippen molar-refractivity contribution in [2.75, 3.05) is 0 Å². The van der Waals surface area contributed by atoms with E-state index in [4.69, 9.17) is 0 Å². The minimum Gasteiger partial charge on any atom is -0.308 e. The average molecular weight is 301 g/mol. The van der Waals surface area contributed by atoms with E-state index in [-0.39, 0.29) is 24.2 Å². The Morgan fingerprint density at radius 2 is 1.43 bits per heavy atom. The van der Waals surface area contributed by atoms with Crippen LogP contribution >= 0.6 is 0 Å². The molecule has 0 atom stereocenters. The van der Waals surface area contributed by atoms with Gasteiger partial charge in [-0.3, -0.25) is 0 Å². The molecule has 0 saturated heterocycles. The van der Waals surface area contributed by atoms with Crippen molar-refractivity contribution in [1.29, 1.82) is 0 Å². The van der Waals surface area contributed by atoms with Crippen molar-refractivity contribution >= 4 is 0 Å². The lowest BCUT2D eigenvalue weighted by atomic mass is 10.1. The van der Waals surface area contributed by atoms with Gasteiger partial charge in [0.1, 0.15) is 11.6 Å². The molecule has 0 heterocycles. The minimum absolute atomic E-state index is 0.0294. The first-order valence-corrected chi connectivity index (χ1v) is 6.18. The molecular formula is C15H12F5N. The molecule has 0 spiro atoms. The summed E-state index contributed by atoms with van der Waals surface area (Å²) in [5, 5.41) is 2.63. The van der Waals surface area contributed by atoms with Crippen LogP contribution in [-0.4, -0.2) is 0 Å². The third kappa shape index (κ3) is 3.78. The van der Waals surface area contributed by atoms with E-state index in [0.717, 1.165) is 18.2 Å². The maximum atomic E-state index is 13.4. The summed E-state index contributed by atoms with van der Waals surface area (Å²) >= 11 is 0. The molecule has 1 nitrogen and oxygen atoms in total. The zero-order chi connectivity index (χ0) is 15.5. The van der Waals surface area contributed by atoms with Crippen molar-refractivity contribution in [2.24, 2.45) is 0 Å². The van der Waals surface area contributed by atoms with Crippen molar-refractivity contribution in [1.82, 2.24) is 5.32 Å². The summed E-state index contributed by atoms with van der Waals surface area (Å²) in [7, 11) is 0. The van der Waals surface area contributed by atoms with Crippen LogP contribution in [0, 0.1) is 11.6 Å². The largest absolute Gasteiger partial charge is 0.416 e. The molecule has 0 saturated carbocycles. The van der Waals surface area contributed by atoms with Crippen molar-refractivity contribution in [3.8, 4) is 0 Å². The zero-order valence-electron chi connectivity index (χ0n) is 10.8. The normalized spacial score (nSPS) is 11.7. The highest BCUT2D eigenvalue weighted by atomic mass is 19.4. The number of hydrogen-bond donors (Lipinski definition) is 1. The number of rotatable bonds is 4. The molecule has 112 valence electrons. The predicted molar refractivity (Wildman–Crippen MR) is 68.3 cm³/mol. The molecule has 6 heteroatoms. The molecule has 0 radical (unpaired) electrons. The molecule has 21 heavy (non-hydrogen) atoms. The zero-order valence-corrected chi connectivity index (χ0v) is 10.8. The molecule has 0 fully saturated rings. The van der Waals surface area contributed by atoms with Gasteiger partial charge in [-0.2, -0.15) is 13.2 Å². The van der Waals surface area contributed by atoms with E-state index < -0.39 is 23.4 Å². The second-order valence-corrected chi connectivity index (χ2v) is 4.46. The van der Waals surface area contributed by atoms with Gasteiger partial charge in [0.15, 0.2) is 0 Å². The summed E-state index contributed by atoms with van der Waals surface area (Å²) < 4.78 is 65.1. The van der Waals surface area contributed by atoms with Gasteiger partial charge in [-0.25, -0.2) is 8.78 Å². The maximum absolute atomic E-state index is 13.4. The second-order valence-electron chi connectivity index (χ2n) is 4.46. The smallest absolute Gasteiger partial charge is 0.308 e. The molecule has 0 aliphatic rings. The lowest BCUT2D eigenvalue weighted by molar-refractivity contribution is -0.138. The van der Waals surface area contributed by atoms with Crippen LogP contribution in [-0.2, 0) is 19.3 Å². The molecule has 0 aromatic heterocycles. The number of nitrogens with one attached hydrogen (secondary N) is 1. The van der Waals surface area contributed by atoms with Gasteiger partial charge in [0.05, 0.1) is 5.56 Å². The van der Waals surface area contributed by atoms with Crippen LogP contribution in [0.4, 0.5) is 22.0 Å². The topological polar surface area (TPSA) is 12.0 Å². The van der Waals surface area contributed by atoms with Gasteiger partial charge in [0, 0.05) is 18.7 Å². The Balaban J connectivity index is 2.08. The Hall–Kier alpha value is -1.95. The van der Waals surface area contributed by atoms with Gasteiger partial charge >= 0.3 is 6.18 Å². The number of hydrogen-bond acceptors (Lipinski definition) is 1. The van der Waals surface area contributed by atoms with Crippen molar-refractivity contribution in [3.05, 3.63) is 70.8 Å². The Morgan fingerprint density at radius 1 is 0.810 bits per heavy atom. The monoisotopic (exact) mass is 301 g/mol. The number of alkyl halides is 3. The summed E-state index contributed by atoms with van der Waals surface area (Å²) in [6.45, 7) is -0.325. The molecule has 2 rings (SSSR count). The standard InChI is InChI=1S/C15H12F5N/c16-13-6-3-7-14(17)11(13)9-21-8-10-4-1-2-5-12(10)15(18,19)20/h1-7,21H,8-9H2. The lowest BCUT2D eigenvalue weighted by Gasteiger charge is -2.13. The first-order chi connectivity index (χ1) is 9.89. The van der Waals surface area contributed by atoms with Crippen LogP contribution in [0.15, 0.2) is 42.5 Å². The van der Waals surface area contributed by atoms with Crippen LogP contribution in [0.2, 0.25) is 0 Å². The highest BCUT2D eigenvalue weighted by Crippen LogP contribution is 2.31. The molecule has 0 bridgehead atoms. The number of halogens is 5. The molecule has 0 aliphatic carbocycles. The van der Waals surface area contributed by atoms with Crippen molar-refractivity contribution < 1.29 is 22.0 Å². The quantitative estimate of drug-likeness (QED) is 0.831. The Bertz CT molecular complexity index is 601. The van der Waals surface area contributed by atoms with Gasteiger partial charge in [0.25, 0.3) is 0 Å². The van der Waals surface area contributed by atoms with E-state index in [0.29, 0.717) is 0 Å². The summed E-state index contributed by atoms with van der Waals surface area (Å²) in [6.07, 6.45) is -4.46. The third-order valence-electron chi connectivity index (χ3n) is 3.00. The Morgan fingerprint density at radius 3 is 2.05 bits per heavy atom. The van der Waals surface area contributed by atoms with Crippen LogP contribution in [0.25, 0.3) is 0 Å². The molecular weight excluding hydrogens is 289 g/mol. The van der Waals surface area contributed by atoms with Gasteiger partial charge < -0.3 is 5.32 Å². The van der Waals surface area contributed by atoms with Crippen molar-refractivity contribution in [2.45, 2.75) is 19.3 Å². The highest BCUT2D eigenvalue weighted by Gasteiger charge is 2.32. The Kier molecular flexibility index (Phi) is 4.57. The summed E-state index contributed by atoms with van der Waals surface area (Å²) in [5.74, 6) is -1.46. The first-order valence-electron chi connectivity index (χ1n) is 6.18. The van der Waals surface area contributed by atoms with E-state index >= 15 is 0 Å². The molecule has 2 aromatic carbocycles. The van der Waals surface area contributed by atoms with Crippen LogP contribution in [0.3, 0.4) is 0 Å². The first kappa shape index (κ1) is 15.4. The molecule has 1 N–H and O–H groups in total. The molecule has 0 aliphatic heterocycles. The number of benzene rings is 2. The van der Waals surface area contributed by atoms with E-state index in [2.05, 4.69) is 5.32 Å². The third-order valence-corrected chi connectivity index (χ3v) is 3.00. The minimum atomic E-state index is -4.46. The highest BCUT2D eigenvalue weighted by molar-refractivity contribution is 5.29. The average Bonchev–Trinajstić information content (AvgIpc) is 2.41. The van der Waals surface area contributed by atoms with Gasteiger partial charge in [-0.15, -0.1) is 0 Å². The fourth-order valence-electron chi connectivity index (χ4n) is 1.97. The fourth-order valence-corrected chi connectivity index (χ4v) is 1.97. The van der Waals surface area contributed by atoms with Gasteiger partial charge in [-0.05, 0) is 23.8 Å². The predicted octanol–water partition coefficient (Wildman–Crippen LogP) is 4.27. The van der Waals surface area contributed by atoms with E-state index in [1.165, 1.54) is 24.3 Å². The SMILES string of the molecule is Fc1cccc(F)c1CNCc1ccccc1C(F)(F)F.